The SMILES string of the molecule is Cn1nccc1Nc1ccnc2[nH]ccc12. The van der Waals surface area contributed by atoms with Crippen LogP contribution in [0.5, 0.6) is 0 Å². The van der Waals surface area contributed by atoms with E-state index < -0.39 is 0 Å². The molecule has 3 rings (SSSR count). The molecule has 0 bridgehead atoms. The predicted octanol–water partition coefficient (Wildman–Crippen LogP) is 2.04. The van der Waals surface area contributed by atoms with Crippen LogP contribution in [-0.4, -0.2) is 19.7 Å². The van der Waals surface area contributed by atoms with Gasteiger partial charge in [-0.1, -0.05) is 0 Å². The first-order valence-electron chi connectivity index (χ1n) is 5.02. The van der Waals surface area contributed by atoms with Gasteiger partial charge in [-0.15, -0.1) is 0 Å². The molecule has 0 aliphatic heterocycles. The van der Waals surface area contributed by atoms with Gasteiger partial charge in [-0.05, 0) is 12.1 Å². The van der Waals surface area contributed by atoms with Crippen LogP contribution >= 0.6 is 0 Å². The quantitative estimate of drug-likeness (QED) is 0.684. The van der Waals surface area contributed by atoms with Crippen molar-refractivity contribution in [1.29, 1.82) is 0 Å². The molecule has 0 unspecified atom stereocenters. The summed E-state index contributed by atoms with van der Waals surface area (Å²) in [5.74, 6) is 0.953. The lowest BCUT2D eigenvalue weighted by Gasteiger charge is -2.06. The van der Waals surface area contributed by atoms with Crippen molar-refractivity contribution >= 4 is 22.5 Å². The third-order valence-corrected chi connectivity index (χ3v) is 2.54. The summed E-state index contributed by atoms with van der Waals surface area (Å²) < 4.78 is 1.79. The van der Waals surface area contributed by atoms with E-state index in [0.29, 0.717) is 0 Å². The molecule has 2 N–H and O–H groups in total. The van der Waals surface area contributed by atoms with Crippen molar-refractivity contribution in [3.8, 4) is 0 Å². The number of aromatic nitrogens is 4. The van der Waals surface area contributed by atoms with E-state index in [1.165, 1.54) is 0 Å². The van der Waals surface area contributed by atoms with Gasteiger partial charge in [0.2, 0.25) is 0 Å². The molecular weight excluding hydrogens is 202 g/mol. The van der Waals surface area contributed by atoms with Gasteiger partial charge >= 0.3 is 0 Å². The van der Waals surface area contributed by atoms with E-state index in [0.717, 1.165) is 22.5 Å². The average molecular weight is 213 g/mol. The lowest BCUT2D eigenvalue weighted by Crippen LogP contribution is -1.99. The zero-order valence-corrected chi connectivity index (χ0v) is 8.81. The van der Waals surface area contributed by atoms with Crippen LogP contribution in [0.15, 0.2) is 36.8 Å². The van der Waals surface area contributed by atoms with Crippen molar-refractivity contribution < 1.29 is 0 Å². The maximum Gasteiger partial charge on any atom is 0.139 e. The van der Waals surface area contributed by atoms with E-state index in [9.17, 15) is 0 Å². The van der Waals surface area contributed by atoms with Crippen LogP contribution in [0.2, 0.25) is 0 Å². The Bertz CT molecular complexity index is 622. The number of fused-ring (bicyclic) bond motifs is 1. The van der Waals surface area contributed by atoms with E-state index >= 15 is 0 Å². The molecule has 80 valence electrons. The first-order chi connectivity index (χ1) is 7.84. The van der Waals surface area contributed by atoms with Crippen molar-refractivity contribution in [2.45, 2.75) is 0 Å². The van der Waals surface area contributed by atoms with Crippen molar-refractivity contribution in [1.82, 2.24) is 19.7 Å². The molecular formula is C11H11N5. The Kier molecular flexibility index (Phi) is 1.89. The molecule has 5 heteroatoms. The molecule has 0 amide bonds. The number of H-pyrrole nitrogens is 1. The van der Waals surface area contributed by atoms with Gasteiger partial charge in [0.1, 0.15) is 11.5 Å². The van der Waals surface area contributed by atoms with Gasteiger partial charge in [0.05, 0.1) is 11.9 Å². The van der Waals surface area contributed by atoms with E-state index in [2.05, 4.69) is 20.4 Å². The highest BCUT2D eigenvalue weighted by Gasteiger charge is 2.04. The second-order valence-electron chi connectivity index (χ2n) is 3.56. The fourth-order valence-corrected chi connectivity index (χ4v) is 1.70. The third kappa shape index (κ3) is 1.33. The summed E-state index contributed by atoms with van der Waals surface area (Å²) in [5, 5.41) is 8.51. The zero-order chi connectivity index (χ0) is 11.0. The number of anilines is 2. The third-order valence-electron chi connectivity index (χ3n) is 2.54. The van der Waals surface area contributed by atoms with Gasteiger partial charge in [-0.25, -0.2) is 4.98 Å². The number of nitrogens with one attached hydrogen (secondary N) is 2. The Morgan fingerprint density at radius 3 is 3.00 bits per heavy atom. The molecule has 0 spiro atoms. The van der Waals surface area contributed by atoms with E-state index in [1.54, 1.807) is 17.1 Å². The molecule has 5 nitrogen and oxygen atoms in total. The van der Waals surface area contributed by atoms with E-state index in [1.807, 2.05) is 31.4 Å². The first kappa shape index (κ1) is 8.96. The number of hydrogen-bond donors (Lipinski definition) is 2. The Hall–Kier alpha value is -2.30. The number of pyridine rings is 1. The van der Waals surface area contributed by atoms with E-state index in [-0.39, 0.29) is 0 Å². The summed E-state index contributed by atoms with van der Waals surface area (Å²) in [5.41, 5.74) is 1.90. The van der Waals surface area contributed by atoms with Gasteiger partial charge in [0, 0.05) is 30.9 Å². The number of aryl methyl sites for hydroxylation is 1. The molecule has 0 fully saturated rings. The Balaban J connectivity index is 2.07. The molecule has 0 atom stereocenters. The van der Waals surface area contributed by atoms with Crippen molar-refractivity contribution in [3.05, 3.63) is 36.8 Å². The van der Waals surface area contributed by atoms with E-state index in [4.69, 9.17) is 0 Å². The maximum absolute atomic E-state index is 4.24. The van der Waals surface area contributed by atoms with Crippen LogP contribution in [0.1, 0.15) is 0 Å². The Morgan fingerprint density at radius 2 is 2.19 bits per heavy atom. The number of aromatic amines is 1. The molecule has 0 aromatic carbocycles. The van der Waals surface area contributed by atoms with Gasteiger partial charge in [-0.2, -0.15) is 5.10 Å². The molecule has 0 aliphatic rings. The molecule has 0 saturated heterocycles. The number of hydrogen-bond acceptors (Lipinski definition) is 3. The number of rotatable bonds is 2. The van der Waals surface area contributed by atoms with Crippen molar-refractivity contribution in [2.24, 2.45) is 7.05 Å². The van der Waals surface area contributed by atoms with Crippen LogP contribution < -0.4 is 5.32 Å². The maximum atomic E-state index is 4.24. The standard InChI is InChI=1S/C11H11N5/c1-16-10(4-7-14-16)15-9-3-6-13-11-8(9)2-5-12-11/h2-7H,1H3,(H2,12,13,15). The van der Waals surface area contributed by atoms with Crippen LogP contribution in [-0.2, 0) is 7.05 Å². The normalized spacial score (nSPS) is 10.8. The lowest BCUT2D eigenvalue weighted by molar-refractivity contribution is 0.777. The zero-order valence-electron chi connectivity index (χ0n) is 8.81. The van der Waals surface area contributed by atoms with Crippen LogP contribution in [0.3, 0.4) is 0 Å². The van der Waals surface area contributed by atoms with Gasteiger partial charge in [0.15, 0.2) is 0 Å². The average Bonchev–Trinajstić information content (AvgIpc) is 2.89. The molecule has 0 radical (unpaired) electrons. The summed E-state index contributed by atoms with van der Waals surface area (Å²) in [6, 6.07) is 5.88. The highest BCUT2D eigenvalue weighted by molar-refractivity contribution is 5.90. The molecule has 0 saturated carbocycles. The number of nitrogens with zero attached hydrogens (tertiary/aromatic N) is 3. The molecule has 3 aromatic rings. The fourth-order valence-electron chi connectivity index (χ4n) is 1.70. The van der Waals surface area contributed by atoms with Gasteiger partial charge in [-0.3, -0.25) is 4.68 Å². The monoisotopic (exact) mass is 213 g/mol. The lowest BCUT2D eigenvalue weighted by atomic mass is 10.3. The van der Waals surface area contributed by atoms with Crippen LogP contribution in [0, 0.1) is 0 Å². The van der Waals surface area contributed by atoms with Crippen molar-refractivity contribution in [3.63, 3.8) is 0 Å². The molecule has 3 heterocycles. The second kappa shape index (κ2) is 3.37. The largest absolute Gasteiger partial charge is 0.346 e. The Labute approximate surface area is 92.1 Å². The molecule has 0 aliphatic carbocycles. The minimum Gasteiger partial charge on any atom is -0.346 e. The highest BCUT2D eigenvalue weighted by Crippen LogP contribution is 2.23. The second-order valence-corrected chi connectivity index (χ2v) is 3.56. The minimum atomic E-state index is 0.882. The summed E-state index contributed by atoms with van der Waals surface area (Å²) in [6.45, 7) is 0. The summed E-state index contributed by atoms with van der Waals surface area (Å²) in [4.78, 5) is 7.32. The fraction of sp³-hybridized carbons (Fsp3) is 0.0909. The summed E-state index contributed by atoms with van der Waals surface area (Å²) >= 11 is 0. The minimum absolute atomic E-state index is 0.882. The molecule has 16 heavy (non-hydrogen) atoms. The predicted molar refractivity (Wildman–Crippen MR) is 62.6 cm³/mol. The van der Waals surface area contributed by atoms with Crippen molar-refractivity contribution in [2.75, 3.05) is 5.32 Å². The summed E-state index contributed by atoms with van der Waals surface area (Å²) in [7, 11) is 1.90. The highest BCUT2D eigenvalue weighted by atomic mass is 15.3. The van der Waals surface area contributed by atoms with Crippen LogP contribution in [0.4, 0.5) is 11.5 Å². The first-order valence-corrected chi connectivity index (χ1v) is 5.02. The molecule has 3 aromatic heterocycles. The summed E-state index contributed by atoms with van der Waals surface area (Å²) in [6.07, 6.45) is 5.42. The van der Waals surface area contributed by atoms with Gasteiger partial charge in [0.25, 0.3) is 0 Å². The Morgan fingerprint density at radius 1 is 1.25 bits per heavy atom. The van der Waals surface area contributed by atoms with Crippen LogP contribution in [0.25, 0.3) is 11.0 Å². The van der Waals surface area contributed by atoms with Gasteiger partial charge < -0.3 is 10.3 Å². The topological polar surface area (TPSA) is 58.5 Å². The smallest absolute Gasteiger partial charge is 0.139 e.